The highest BCUT2D eigenvalue weighted by molar-refractivity contribution is 6.20. The van der Waals surface area contributed by atoms with E-state index in [0.29, 0.717) is 25.5 Å². The van der Waals surface area contributed by atoms with Crippen LogP contribution in [0.5, 0.6) is 0 Å². The summed E-state index contributed by atoms with van der Waals surface area (Å²) in [6.07, 6.45) is 0. The van der Waals surface area contributed by atoms with Crippen molar-refractivity contribution in [1.82, 2.24) is 9.80 Å². The SMILES string of the molecule is CC(CCl)N(CC(=O)OC(C)(C)C)Cc1ccccc1.CC(Cl)CN(CC(=O)OC(C)(C)C)Cc1ccccc1. The molecule has 0 N–H and O–H groups in total. The molecule has 0 aliphatic rings. The number of benzene rings is 2. The molecule has 2 aromatic carbocycles. The van der Waals surface area contributed by atoms with Crippen molar-refractivity contribution in [2.75, 3.05) is 25.5 Å². The molecule has 2 rings (SSSR count). The Labute approximate surface area is 251 Å². The monoisotopic (exact) mass is 594 g/mol. The standard InChI is InChI=1S/2C16H24ClNO2/c1-13(17)10-18(11-14-8-6-5-7-9-14)12-15(19)20-16(2,3)4;1-13(10-17)18(11-14-8-6-5-7-9-14)12-15(19)20-16(2,3)4/h2*5-9,13H,10-12H2,1-4H3. The van der Waals surface area contributed by atoms with Gasteiger partial charge in [-0.3, -0.25) is 19.4 Å². The molecular formula is C32H48Cl2N2O4. The smallest absolute Gasteiger partial charge is 0.320 e. The minimum atomic E-state index is -0.459. The maximum absolute atomic E-state index is 12.0. The molecule has 6 nitrogen and oxygen atoms in total. The quantitative estimate of drug-likeness (QED) is 0.196. The van der Waals surface area contributed by atoms with Gasteiger partial charge in [0.25, 0.3) is 0 Å². The lowest BCUT2D eigenvalue weighted by molar-refractivity contribution is -0.157. The van der Waals surface area contributed by atoms with Gasteiger partial charge in [-0.15, -0.1) is 23.2 Å². The predicted octanol–water partition coefficient (Wildman–Crippen LogP) is 6.92. The van der Waals surface area contributed by atoms with E-state index in [2.05, 4.69) is 0 Å². The molecule has 0 heterocycles. The molecule has 0 aliphatic heterocycles. The van der Waals surface area contributed by atoms with Crippen molar-refractivity contribution in [3.05, 3.63) is 71.8 Å². The third kappa shape index (κ3) is 17.5. The molecule has 0 fully saturated rings. The van der Waals surface area contributed by atoms with Crippen LogP contribution in [0.2, 0.25) is 0 Å². The summed E-state index contributed by atoms with van der Waals surface area (Å²) in [5.41, 5.74) is 1.41. The van der Waals surface area contributed by atoms with Crippen LogP contribution in [-0.4, -0.2) is 69.9 Å². The highest BCUT2D eigenvalue weighted by atomic mass is 35.5. The van der Waals surface area contributed by atoms with Crippen molar-refractivity contribution < 1.29 is 19.1 Å². The molecular weight excluding hydrogens is 547 g/mol. The van der Waals surface area contributed by atoms with Crippen LogP contribution in [0.1, 0.15) is 66.5 Å². The van der Waals surface area contributed by atoms with E-state index in [1.54, 1.807) is 0 Å². The first kappa shape index (κ1) is 35.9. The van der Waals surface area contributed by atoms with E-state index < -0.39 is 11.2 Å². The van der Waals surface area contributed by atoms with Gasteiger partial charge in [-0.1, -0.05) is 60.7 Å². The average Bonchev–Trinajstić information content (AvgIpc) is 2.82. The summed E-state index contributed by atoms with van der Waals surface area (Å²) in [5, 5.41) is -0.0128. The Morgan fingerprint density at radius 1 is 0.750 bits per heavy atom. The summed E-state index contributed by atoms with van der Waals surface area (Å²) < 4.78 is 10.7. The van der Waals surface area contributed by atoms with Crippen LogP contribution >= 0.6 is 23.2 Å². The minimum absolute atomic E-state index is 0.0128. The van der Waals surface area contributed by atoms with Gasteiger partial charge in [0.05, 0.1) is 13.1 Å². The van der Waals surface area contributed by atoms with Gasteiger partial charge in [-0.2, -0.15) is 0 Å². The number of hydrogen-bond donors (Lipinski definition) is 0. The Bertz CT molecular complexity index is 989. The van der Waals surface area contributed by atoms with Crippen LogP contribution < -0.4 is 0 Å². The van der Waals surface area contributed by atoms with Crippen LogP contribution in [0.25, 0.3) is 0 Å². The molecule has 2 aromatic rings. The molecule has 0 bridgehead atoms. The number of carbonyl (C=O) groups excluding carboxylic acids is 2. The Balaban J connectivity index is 0.000000400. The van der Waals surface area contributed by atoms with Crippen LogP contribution in [0, 0.1) is 0 Å². The molecule has 2 unspecified atom stereocenters. The first-order chi connectivity index (χ1) is 18.6. The first-order valence-electron chi connectivity index (χ1n) is 13.8. The summed E-state index contributed by atoms with van der Waals surface area (Å²) in [7, 11) is 0. The molecule has 0 spiro atoms. The van der Waals surface area contributed by atoms with Gasteiger partial charge in [-0.25, -0.2) is 0 Å². The van der Waals surface area contributed by atoms with Crippen molar-refractivity contribution in [3.8, 4) is 0 Å². The van der Waals surface area contributed by atoms with Gasteiger partial charge in [0.15, 0.2) is 0 Å². The Hall–Kier alpha value is -2.12. The van der Waals surface area contributed by atoms with E-state index in [9.17, 15) is 9.59 Å². The maximum Gasteiger partial charge on any atom is 0.320 e. The summed E-state index contributed by atoms with van der Waals surface area (Å²) >= 11 is 12.0. The summed E-state index contributed by atoms with van der Waals surface area (Å²) in [4.78, 5) is 28.0. The van der Waals surface area contributed by atoms with E-state index in [-0.39, 0.29) is 36.4 Å². The van der Waals surface area contributed by atoms with E-state index in [4.69, 9.17) is 32.7 Å². The number of nitrogens with zero attached hydrogens (tertiary/aromatic N) is 2. The highest BCUT2D eigenvalue weighted by Gasteiger charge is 2.22. The summed E-state index contributed by atoms with van der Waals surface area (Å²) in [5.74, 6) is 0.0477. The second-order valence-electron chi connectivity index (χ2n) is 12.0. The van der Waals surface area contributed by atoms with Gasteiger partial charge >= 0.3 is 11.9 Å². The van der Waals surface area contributed by atoms with Crippen molar-refractivity contribution in [2.45, 2.75) is 91.1 Å². The van der Waals surface area contributed by atoms with Gasteiger partial charge < -0.3 is 9.47 Å². The number of rotatable bonds is 12. The number of hydrogen-bond acceptors (Lipinski definition) is 6. The maximum atomic E-state index is 12.0. The number of halogens is 2. The number of esters is 2. The second-order valence-corrected chi connectivity index (χ2v) is 13.1. The average molecular weight is 596 g/mol. The lowest BCUT2D eigenvalue weighted by Gasteiger charge is -2.28. The molecule has 0 saturated heterocycles. The fourth-order valence-electron chi connectivity index (χ4n) is 3.76. The van der Waals surface area contributed by atoms with Crippen molar-refractivity contribution in [2.24, 2.45) is 0 Å². The minimum Gasteiger partial charge on any atom is -0.459 e. The highest BCUT2D eigenvalue weighted by Crippen LogP contribution is 2.13. The van der Waals surface area contributed by atoms with Crippen molar-refractivity contribution >= 4 is 35.1 Å². The zero-order valence-electron chi connectivity index (χ0n) is 25.5. The zero-order valence-corrected chi connectivity index (χ0v) is 27.0. The number of alkyl halides is 2. The van der Waals surface area contributed by atoms with E-state index >= 15 is 0 Å². The van der Waals surface area contributed by atoms with Crippen molar-refractivity contribution in [1.29, 1.82) is 0 Å². The molecule has 0 aliphatic carbocycles. The summed E-state index contributed by atoms with van der Waals surface area (Å²) in [6.45, 7) is 17.7. The lowest BCUT2D eigenvalue weighted by Crippen LogP contribution is -2.40. The summed E-state index contributed by atoms with van der Waals surface area (Å²) in [6, 6.07) is 20.2. The molecule has 0 aromatic heterocycles. The molecule has 0 amide bonds. The fourth-order valence-corrected chi connectivity index (χ4v) is 4.15. The predicted molar refractivity (Wildman–Crippen MR) is 166 cm³/mol. The van der Waals surface area contributed by atoms with Crippen LogP contribution in [0.3, 0.4) is 0 Å². The normalized spacial score (nSPS) is 13.3. The lowest BCUT2D eigenvalue weighted by atomic mass is 10.2. The largest absolute Gasteiger partial charge is 0.459 e. The second kappa shape index (κ2) is 17.6. The van der Waals surface area contributed by atoms with Crippen LogP contribution in [0.4, 0.5) is 0 Å². The Morgan fingerprint density at radius 2 is 1.18 bits per heavy atom. The van der Waals surface area contributed by atoms with E-state index in [1.165, 1.54) is 0 Å². The van der Waals surface area contributed by atoms with Gasteiger partial charge in [0.1, 0.15) is 11.2 Å². The topological polar surface area (TPSA) is 59.1 Å². The van der Waals surface area contributed by atoms with Crippen LogP contribution in [0.15, 0.2) is 60.7 Å². The third-order valence-corrected chi connectivity index (χ3v) is 5.94. The molecule has 0 radical (unpaired) electrons. The molecule has 0 saturated carbocycles. The van der Waals surface area contributed by atoms with Gasteiger partial charge in [-0.05, 0) is 66.5 Å². The first-order valence-corrected chi connectivity index (χ1v) is 14.7. The molecule has 40 heavy (non-hydrogen) atoms. The number of carbonyl (C=O) groups is 2. The van der Waals surface area contributed by atoms with Gasteiger partial charge in [0, 0.05) is 36.9 Å². The Kier molecular flexibility index (Phi) is 15.8. The zero-order chi connectivity index (χ0) is 30.3. The van der Waals surface area contributed by atoms with Crippen molar-refractivity contribution in [3.63, 3.8) is 0 Å². The fraction of sp³-hybridized carbons (Fsp3) is 0.562. The molecule has 8 heteroatoms. The third-order valence-electron chi connectivity index (χ3n) is 5.36. The molecule has 224 valence electrons. The van der Waals surface area contributed by atoms with E-state index in [0.717, 1.165) is 11.1 Å². The van der Waals surface area contributed by atoms with Gasteiger partial charge in [0.2, 0.25) is 0 Å². The molecule has 2 atom stereocenters. The van der Waals surface area contributed by atoms with Crippen LogP contribution in [-0.2, 0) is 32.2 Å². The number of ether oxygens (including phenoxy) is 2. The Morgan fingerprint density at radius 3 is 1.57 bits per heavy atom. The van der Waals surface area contributed by atoms with E-state index in [1.807, 2.05) is 126 Å².